The van der Waals surface area contributed by atoms with Crippen molar-refractivity contribution in [3.05, 3.63) is 29.3 Å². The molecule has 0 bridgehead atoms. The maximum atomic E-state index is 9.17. The summed E-state index contributed by atoms with van der Waals surface area (Å²) in [6.45, 7) is 4.72. The molecule has 0 aromatic heterocycles. The Bertz CT molecular complexity index is 394. The largest absolute Gasteiger partial charge is 0.494 e. The number of ether oxygens (including phenoxy) is 1. The lowest BCUT2D eigenvalue weighted by molar-refractivity contribution is 0.173. The minimum absolute atomic E-state index is 0.213. The smallest absolute Gasteiger partial charge is 0.119 e. The fourth-order valence-electron chi connectivity index (χ4n) is 2.67. The molecule has 4 nitrogen and oxygen atoms in total. The van der Waals surface area contributed by atoms with Gasteiger partial charge in [-0.3, -0.25) is 4.90 Å². The van der Waals surface area contributed by atoms with Gasteiger partial charge in [0.25, 0.3) is 0 Å². The van der Waals surface area contributed by atoms with Crippen LogP contribution in [0.25, 0.3) is 0 Å². The van der Waals surface area contributed by atoms with Crippen molar-refractivity contribution in [1.82, 2.24) is 10.2 Å². The molecule has 1 atom stereocenters. The zero-order chi connectivity index (χ0) is 14.9. The van der Waals surface area contributed by atoms with Gasteiger partial charge >= 0.3 is 0 Å². The molecule has 1 saturated heterocycles. The Morgan fingerprint density at radius 3 is 2.76 bits per heavy atom. The van der Waals surface area contributed by atoms with Crippen molar-refractivity contribution >= 4 is 11.6 Å². The van der Waals surface area contributed by atoms with E-state index in [-0.39, 0.29) is 6.61 Å². The van der Waals surface area contributed by atoms with Gasteiger partial charge in [0, 0.05) is 30.7 Å². The summed E-state index contributed by atoms with van der Waals surface area (Å²) in [5, 5.41) is 13.4. The molecule has 0 aliphatic carbocycles. The quantitative estimate of drug-likeness (QED) is 0.686. The number of nitrogens with zero attached hydrogens (tertiary/aromatic N) is 1. The van der Waals surface area contributed by atoms with Crippen molar-refractivity contribution in [3.63, 3.8) is 0 Å². The number of benzene rings is 1. The maximum absolute atomic E-state index is 9.17. The normalized spacial score (nSPS) is 18.3. The van der Waals surface area contributed by atoms with Crippen LogP contribution in [0.5, 0.6) is 5.75 Å². The van der Waals surface area contributed by atoms with Gasteiger partial charge in [-0.1, -0.05) is 11.6 Å². The first-order chi connectivity index (χ1) is 10.3. The number of halogens is 1. The van der Waals surface area contributed by atoms with Gasteiger partial charge < -0.3 is 15.2 Å². The average Bonchev–Trinajstić information content (AvgIpc) is 2.98. The Morgan fingerprint density at radius 2 is 2.10 bits per heavy atom. The Labute approximate surface area is 132 Å². The monoisotopic (exact) mass is 312 g/mol. The van der Waals surface area contributed by atoms with E-state index in [0.717, 1.165) is 43.4 Å². The van der Waals surface area contributed by atoms with Crippen LogP contribution in [0.2, 0.25) is 5.02 Å². The van der Waals surface area contributed by atoms with Crippen LogP contribution >= 0.6 is 11.6 Å². The number of aliphatic hydroxyl groups excluding tert-OH is 1. The SMILES string of the molecule is OCCN(CCCOc1ccc(Cl)cc1)CC1CCCN1. The Kier molecular flexibility index (Phi) is 7.30. The Balaban J connectivity index is 1.65. The first kappa shape index (κ1) is 16.6. The van der Waals surface area contributed by atoms with Crippen molar-refractivity contribution in [2.24, 2.45) is 0 Å². The van der Waals surface area contributed by atoms with E-state index in [1.54, 1.807) is 0 Å². The number of rotatable bonds is 9. The van der Waals surface area contributed by atoms with Crippen LogP contribution in [-0.4, -0.2) is 55.4 Å². The summed E-state index contributed by atoms with van der Waals surface area (Å²) < 4.78 is 5.70. The second kappa shape index (κ2) is 9.26. The maximum Gasteiger partial charge on any atom is 0.119 e. The minimum atomic E-state index is 0.213. The van der Waals surface area contributed by atoms with E-state index in [1.165, 1.54) is 12.8 Å². The summed E-state index contributed by atoms with van der Waals surface area (Å²) in [6, 6.07) is 8.02. The van der Waals surface area contributed by atoms with Crippen LogP contribution in [0.4, 0.5) is 0 Å². The van der Waals surface area contributed by atoms with Crippen molar-refractivity contribution in [1.29, 1.82) is 0 Å². The molecule has 0 radical (unpaired) electrons. The Morgan fingerprint density at radius 1 is 1.29 bits per heavy atom. The van der Waals surface area contributed by atoms with Gasteiger partial charge in [0.2, 0.25) is 0 Å². The molecular formula is C16H25ClN2O2. The molecular weight excluding hydrogens is 288 g/mol. The molecule has 1 aromatic rings. The van der Waals surface area contributed by atoms with Gasteiger partial charge in [0.1, 0.15) is 5.75 Å². The van der Waals surface area contributed by atoms with Crippen molar-refractivity contribution in [3.8, 4) is 5.75 Å². The van der Waals surface area contributed by atoms with Crippen LogP contribution in [0.15, 0.2) is 24.3 Å². The number of hydrogen-bond donors (Lipinski definition) is 2. The van der Waals surface area contributed by atoms with Gasteiger partial charge in [-0.05, 0) is 50.1 Å². The van der Waals surface area contributed by atoms with Crippen LogP contribution in [-0.2, 0) is 0 Å². The van der Waals surface area contributed by atoms with E-state index in [4.69, 9.17) is 21.4 Å². The fourth-order valence-corrected chi connectivity index (χ4v) is 2.80. The molecule has 2 N–H and O–H groups in total. The summed E-state index contributed by atoms with van der Waals surface area (Å²) >= 11 is 5.84. The summed E-state index contributed by atoms with van der Waals surface area (Å²) in [7, 11) is 0. The lowest BCUT2D eigenvalue weighted by Gasteiger charge is -2.24. The van der Waals surface area contributed by atoms with Crippen molar-refractivity contribution < 1.29 is 9.84 Å². The summed E-state index contributed by atoms with van der Waals surface area (Å²) in [4.78, 5) is 2.31. The molecule has 1 heterocycles. The molecule has 2 rings (SSSR count). The van der Waals surface area contributed by atoms with E-state index in [1.807, 2.05) is 24.3 Å². The highest BCUT2D eigenvalue weighted by Crippen LogP contribution is 2.15. The van der Waals surface area contributed by atoms with Crippen molar-refractivity contribution in [2.45, 2.75) is 25.3 Å². The van der Waals surface area contributed by atoms with E-state index >= 15 is 0 Å². The topological polar surface area (TPSA) is 44.7 Å². The van der Waals surface area contributed by atoms with Gasteiger partial charge in [-0.2, -0.15) is 0 Å². The highest BCUT2D eigenvalue weighted by atomic mass is 35.5. The molecule has 118 valence electrons. The van der Waals surface area contributed by atoms with Gasteiger partial charge in [0.05, 0.1) is 13.2 Å². The lowest BCUT2D eigenvalue weighted by Crippen LogP contribution is -2.39. The molecule has 21 heavy (non-hydrogen) atoms. The summed E-state index contributed by atoms with van der Waals surface area (Å²) in [5.74, 6) is 0.852. The summed E-state index contributed by atoms with van der Waals surface area (Å²) in [6.07, 6.45) is 3.45. The third-order valence-corrected chi connectivity index (χ3v) is 4.01. The molecule has 1 aliphatic heterocycles. The van der Waals surface area contributed by atoms with Crippen LogP contribution in [0, 0.1) is 0 Å². The molecule has 5 heteroatoms. The van der Waals surface area contributed by atoms with E-state index in [2.05, 4.69) is 10.2 Å². The second-order valence-electron chi connectivity index (χ2n) is 5.47. The predicted octanol–water partition coefficient (Wildman–Crippen LogP) is 2.16. The average molecular weight is 313 g/mol. The lowest BCUT2D eigenvalue weighted by atomic mass is 10.2. The van der Waals surface area contributed by atoms with Gasteiger partial charge in [-0.15, -0.1) is 0 Å². The predicted molar refractivity (Wildman–Crippen MR) is 86.1 cm³/mol. The fraction of sp³-hybridized carbons (Fsp3) is 0.625. The first-order valence-corrected chi connectivity index (χ1v) is 8.10. The highest BCUT2D eigenvalue weighted by molar-refractivity contribution is 6.30. The molecule has 0 saturated carbocycles. The molecule has 1 aromatic carbocycles. The zero-order valence-electron chi connectivity index (χ0n) is 12.4. The van der Waals surface area contributed by atoms with Crippen LogP contribution in [0.3, 0.4) is 0 Å². The van der Waals surface area contributed by atoms with Gasteiger partial charge in [-0.25, -0.2) is 0 Å². The van der Waals surface area contributed by atoms with E-state index in [0.29, 0.717) is 12.6 Å². The van der Waals surface area contributed by atoms with Crippen LogP contribution < -0.4 is 10.1 Å². The number of aliphatic hydroxyl groups is 1. The van der Waals surface area contributed by atoms with Gasteiger partial charge in [0.15, 0.2) is 0 Å². The number of nitrogens with one attached hydrogen (secondary N) is 1. The standard InChI is InChI=1S/C16H25ClN2O2/c17-14-4-6-16(7-5-14)21-12-2-9-19(10-11-20)13-15-3-1-8-18-15/h4-7,15,18,20H,1-3,8-13H2. The van der Waals surface area contributed by atoms with E-state index in [9.17, 15) is 0 Å². The van der Waals surface area contributed by atoms with E-state index < -0.39 is 0 Å². The zero-order valence-corrected chi connectivity index (χ0v) is 13.2. The third kappa shape index (κ3) is 6.22. The second-order valence-corrected chi connectivity index (χ2v) is 5.91. The summed E-state index contributed by atoms with van der Waals surface area (Å²) in [5.41, 5.74) is 0. The molecule has 0 amide bonds. The highest BCUT2D eigenvalue weighted by Gasteiger charge is 2.17. The molecule has 0 spiro atoms. The van der Waals surface area contributed by atoms with Crippen LogP contribution in [0.1, 0.15) is 19.3 Å². The molecule has 1 aliphatic rings. The minimum Gasteiger partial charge on any atom is -0.494 e. The Hall–Kier alpha value is -0.810. The first-order valence-electron chi connectivity index (χ1n) is 7.73. The molecule has 1 unspecified atom stereocenters. The van der Waals surface area contributed by atoms with Crippen molar-refractivity contribution in [2.75, 3.05) is 39.4 Å². The molecule has 1 fully saturated rings. The third-order valence-electron chi connectivity index (χ3n) is 3.76. The number of hydrogen-bond acceptors (Lipinski definition) is 4.